The first-order chi connectivity index (χ1) is 10.7. The van der Waals surface area contributed by atoms with E-state index in [1.165, 1.54) is 44.9 Å². The van der Waals surface area contributed by atoms with Gasteiger partial charge in [0, 0.05) is 10.8 Å². The molecule has 4 saturated carbocycles. The van der Waals surface area contributed by atoms with E-state index in [9.17, 15) is 4.79 Å². The van der Waals surface area contributed by atoms with Gasteiger partial charge in [-0.3, -0.25) is 4.79 Å². The van der Waals surface area contributed by atoms with Gasteiger partial charge in [-0.05, 0) is 80.0 Å². The summed E-state index contributed by atoms with van der Waals surface area (Å²) in [5.74, 6) is 4.87. The third-order valence-corrected chi connectivity index (χ3v) is 9.18. The molecule has 1 heteroatoms. The van der Waals surface area contributed by atoms with Gasteiger partial charge >= 0.3 is 0 Å². The zero-order valence-electron chi connectivity index (χ0n) is 16.0. The van der Waals surface area contributed by atoms with Crippen LogP contribution >= 0.6 is 0 Å². The van der Waals surface area contributed by atoms with Gasteiger partial charge in [0.25, 0.3) is 0 Å². The fraction of sp³-hybridized carbons (Fsp3) is 0.955. The molecule has 23 heavy (non-hydrogen) atoms. The first kappa shape index (κ1) is 16.2. The normalized spacial score (nSPS) is 55.0. The molecular formula is C22H36O. The van der Waals surface area contributed by atoms with Gasteiger partial charge in [0.2, 0.25) is 0 Å². The van der Waals surface area contributed by atoms with Crippen LogP contribution in [0.25, 0.3) is 0 Å². The van der Waals surface area contributed by atoms with E-state index >= 15 is 0 Å². The summed E-state index contributed by atoms with van der Waals surface area (Å²) in [6, 6.07) is 0. The smallest absolute Gasteiger partial charge is 0.144 e. The van der Waals surface area contributed by atoms with Gasteiger partial charge in [-0.25, -0.2) is 0 Å². The number of carbonyl (C=O) groups excluding carboxylic acids is 1. The molecule has 0 spiro atoms. The topological polar surface area (TPSA) is 17.1 Å². The summed E-state index contributed by atoms with van der Waals surface area (Å²) in [7, 11) is 0. The zero-order valence-corrected chi connectivity index (χ0v) is 16.0. The Morgan fingerprint density at radius 1 is 0.913 bits per heavy atom. The Morgan fingerprint density at radius 2 is 1.65 bits per heavy atom. The lowest BCUT2D eigenvalue weighted by Gasteiger charge is -2.60. The van der Waals surface area contributed by atoms with Crippen LogP contribution in [0.15, 0.2) is 0 Å². The molecule has 4 fully saturated rings. The fourth-order valence-electron chi connectivity index (χ4n) is 7.87. The number of hydrogen-bond acceptors (Lipinski definition) is 1. The molecule has 4 aliphatic rings. The molecule has 0 saturated heterocycles. The second kappa shape index (κ2) is 4.85. The van der Waals surface area contributed by atoms with Crippen molar-refractivity contribution in [3.63, 3.8) is 0 Å². The van der Waals surface area contributed by atoms with Gasteiger partial charge in [-0.15, -0.1) is 0 Å². The predicted molar refractivity (Wildman–Crippen MR) is 95.1 cm³/mol. The third kappa shape index (κ3) is 2.07. The van der Waals surface area contributed by atoms with Crippen molar-refractivity contribution in [2.45, 2.75) is 86.0 Å². The quantitative estimate of drug-likeness (QED) is 0.546. The number of fused-ring (bicyclic) bond motifs is 5. The summed E-state index contributed by atoms with van der Waals surface area (Å²) in [4.78, 5) is 13.1. The highest BCUT2D eigenvalue weighted by atomic mass is 16.1. The van der Waals surface area contributed by atoms with Crippen LogP contribution in [-0.2, 0) is 4.79 Å². The average Bonchev–Trinajstić information content (AvgIpc) is 2.68. The zero-order chi connectivity index (χ0) is 16.6. The van der Waals surface area contributed by atoms with Crippen LogP contribution < -0.4 is 0 Å². The number of ketones is 1. The lowest BCUT2D eigenvalue weighted by atomic mass is 9.45. The molecule has 0 amide bonds. The molecule has 2 unspecified atom stereocenters. The SMILES string of the molecule is CC1CC[C@@]2(C)C(CC[C@@H]3[C@H]2CC[C@]2(C)C(=O)C(C)(C)C[C@@H]32)C1. The lowest BCUT2D eigenvalue weighted by molar-refractivity contribution is -0.142. The Labute approximate surface area is 143 Å². The van der Waals surface area contributed by atoms with Crippen molar-refractivity contribution in [3.05, 3.63) is 0 Å². The van der Waals surface area contributed by atoms with Gasteiger partial charge in [0.15, 0.2) is 0 Å². The molecule has 0 aliphatic heterocycles. The fourth-order valence-corrected chi connectivity index (χ4v) is 7.87. The Morgan fingerprint density at radius 3 is 2.39 bits per heavy atom. The Kier molecular flexibility index (Phi) is 3.41. The second-order valence-electron chi connectivity index (χ2n) is 10.9. The second-order valence-corrected chi connectivity index (χ2v) is 10.9. The molecule has 0 radical (unpaired) electrons. The first-order valence-corrected chi connectivity index (χ1v) is 10.2. The van der Waals surface area contributed by atoms with Crippen molar-refractivity contribution in [2.24, 2.45) is 45.8 Å². The van der Waals surface area contributed by atoms with Crippen LogP contribution in [0.2, 0.25) is 0 Å². The molecule has 0 aromatic carbocycles. The summed E-state index contributed by atoms with van der Waals surface area (Å²) in [6.07, 6.45) is 10.8. The van der Waals surface area contributed by atoms with Crippen LogP contribution in [0.4, 0.5) is 0 Å². The van der Waals surface area contributed by atoms with Crippen LogP contribution in [0, 0.1) is 45.8 Å². The molecule has 0 aromatic heterocycles. The molecule has 130 valence electrons. The average molecular weight is 317 g/mol. The van der Waals surface area contributed by atoms with E-state index in [4.69, 9.17) is 0 Å². The monoisotopic (exact) mass is 316 g/mol. The molecule has 0 bridgehead atoms. The lowest BCUT2D eigenvalue weighted by Crippen LogP contribution is -2.53. The predicted octanol–water partition coefficient (Wildman–Crippen LogP) is 5.87. The molecule has 4 aliphatic carbocycles. The van der Waals surface area contributed by atoms with E-state index in [-0.39, 0.29) is 10.8 Å². The van der Waals surface area contributed by atoms with E-state index in [0.29, 0.717) is 17.1 Å². The van der Waals surface area contributed by atoms with Crippen molar-refractivity contribution < 1.29 is 4.79 Å². The molecule has 4 rings (SSSR count). The summed E-state index contributed by atoms with van der Waals surface area (Å²) < 4.78 is 0. The molecule has 1 nitrogen and oxygen atoms in total. The molecule has 0 heterocycles. The van der Waals surface area contributed by atoms with Crippen LogP contribution in [0.1, 0.15) is 86.0 Å². The van der Waals surface area contributed by atoms with Crippen molar-refractivity contribution in [3.8, 4) is 0 Å². The van der Waals surface area contributed by atoms with E-state index in [2.05, 4.69) is 34.6 Å². The molecule has 0 N–H and O–H groups in total. The summed E-state index contributed by atoms with van der Waals surface area (Å²) in [5, 5.41) is 0. The molecular weight excluding hydrogens is 280 g/mol. The van der Waals surface area contributed by atoms with Crippen LogP contribution in [-0.4, -0.2) is 5.78 Å². The number of hydrogen-bond donors (Lipinski definition) is 0. The number of rotatable bonds is 0. The van der Waals surface area contributed by atoms with E-state index in [1.54, 1.807) is 0 Å². The van der Waals surface area contributed by atoms with E-state index in [0.717, 1.165) is 30.1 Å². The maximum absolute atomic E-state index is 13.1. The molecule has 7 atom stereocenters. The minimum atomic E-state index is -0.0763. The Bertz CT molecular complexity index is 520. The summed E-state index contributed by atoms with van der Waals surface area (Å²) in [5.41, 5.74) is 0.496. The van der Waals surface area contributed by atoms with Crippen LogP contribution in [0.5, 0.6) is 0 Å². The highest BCUT2D eigenvalue weighted by Crippen LogP contribution is 2.67. The van der Waals surface area contributed by atoms with Crippen molar-refractivity contribution in [1.29, 1.82) is 0 Å². The van der Waals surface area contributed by atoms with E-state index < -0.39 is 0 Å². The van der Waals surface area contributed by atoms with Crippen molar-refractivity contribution in [1.82, 2.24) is 0 Å². The summed E-state index contributed by atoms with van der Waals surface area (Å²) in [6.45, 7) is 11.8. The minimum Gasteiger partial charge on any atom is -0.298 e. The van der Waals surface area contributed by atoms with Gasteiger partial charge in [-0.1, -0.05) is 41.0 Å². The van der Waals surface area contributed by atoms with Gasteiger partial charge in [0.1, 0.15) is 5.78 Å². The first-order valence-electron chi connectivity index (χ1n) is 10.2. The maximum atomic E-state index is 13.1. The van der Waals surface area contributed by atoms with Gasteiger partial charge in [0.05, 0.1) is 0 Å². The third-order valence-electron chi connectivity index (χ3n) is 9.18. The van der Waals surface area contributed by atoms with Gasteiger partial charge < -0.3 is 0 Å². The number of carbonyl (C=O) groups is 1. The largest absolute Gasteiger partial charge is 0.298 e. The highest BCUT2D eigenvalue weighted by Gasteiger charge is 2.63. The summed E-state index contributed by atoms with van der Waals surface area (Å²) >= 11 is 0. The van der Waals surface area contributed by atoms with E-state index in [1.807, 2.05) is 0 Å². The van der Waals surface area contributed by atoms with Crippen molar-refractivity contribution in [2.75, 3.05) is 0 Å². The highest BCUT2D eigenvalue weighted by molar-refractivity contribution is 5.92. The van der Waals surface area contributed by atoms with Gasteiger partial charge in [-0.2, -0.15) is 0 Å². The Balaban J connectivity index is 1.66. The van der Waals surface area contributed by atoms with Crippen molar-refractivity contribution >= 4 is 5.78 Å². The molecule has 0 aromatic rings. The van der Waals surface area contributed by atoms with Crippen LogP contribution in [0.3, 0.4) is 0 Å². The maximum Gasteiger partial charge on any atom is 0.144 e. The Hall–Kier alpha value is -0.330. The minimum absolute atomic E-state index is 0.00415. The standard InChI is InChI=1S/C22H36O/c1-14-8-10-21(4)15(12-14)6-7-16-17(21)9-11-22(5)18(16)13-20(2,3)19(22)23/h14-18H,6-13H2,1-5H3/t14?,15?,16-,17-,18+,21+,22+/m1/s1. The number of Topliss-reactive ketones (excluding diaryl/α,β-unsaturated/α-hetero) is 1.